The van der Waals surface area contributed by atoms with E-state index < -0.39 is 70.4 Å². The summed E-state index contributed by atoms with van der Waals surface area (Å²) in [6, 6.07) is 0. The van der Waals surface area contributed by atoms with Crippen molar-refractivity contribution in [2.45, 2.75) is 71.0 Å². The topological polar surface area (TPSA) is 101 Å². The summed E-state index contributed by atoms with van der Waals surface area (Å²) in [5.74, 6) is -4.86. The number of carboxylic acid groups (broad SMARTS) is 1. The van der Waals surface area contributed by atoms with E-state index in [4.69, 9.17) is 4.74 Å². The van der Waals surface area contributed by atoms with Crippen LogP contribution in [0, 0.1) is 34.5 Å². The van der Waals surface area contributed by atoms with Crippen molar-refractivity contribution in [3.8, 4) is 0 Å². The van der Waals surface area contributed by atoms with Gasteiger partial charge in [0.25, 0.3) is 0 Å². The van der Waals surface area contributed by atoms with Crippen molar-refractivity contribution in [1.29, 1.82) is 0 Å². The predicted octanol–water partition coefficient (Wildman–Crippen LogP) is 3.18. The molecule has 1 unspecified atom stereocenters. The molecule has 0 saturated heterocycles. The average molecular weight is 452 g/mol. The fourth-order valence-electron chi connectivity index (χ4n) is 7.43. The van der Waals surface area contributed by atoms with Crippen molar-refractivity contribution in [3.05, 3.63) is 23.8 Å². The molecule has 3 fully saturated rings. The minimum Gasteiger partial charge on any atom is -0.481 e. The van der Waals surface area contributed by atoms with Crippen molar-refractivity contribution < 1.29 is 38.1 Å². The van der Waals surface area contributed by atoms with Crippen LogP contribution in [0.1, 0.15) is 47.0 Å². The quantitative estimate of drug-likeness (QED) is 0.638. The van der Waals surface area contributed by atoms with Crippen LogP contribution in [-0.2, 0) is 19.1 Å². The van der Waals surface area contributed by atoms with Gasteiger partial charge in [0.1, 0.15) is 18.4 Å². The minimum absolute atomic E-state index is 0.0197. The number of hydrogen-bond donors (Lipinski definition) is 2. The molecule has 32 heavy (non-hydrogen) atoms. The molecule has 0 heterocycles. The van der Waals surface area contributed by atoms with E-state index in [1.807, 2.05) is 0 Å². The Bertz CT molecular complexity index is 927. The number of carbonyl (C=O) groups excluding carboxylic acids is 2. The molecule has 4 aliphatic rings. The molecular weight excluding hydrogens is 422 g/mol. The number of rotatable bonds is 3. The first-order valence-electron chi connectivity index (χ1n) is 11.2. The second-order valence-corrected chi connectivity index (χ2v) is 10.6. The Morgan fingerprint density at radius 3 is 2.50 bits per heavy atom. The summed E-state index contributed by atoms with van der Waals surface area (Å²) in [6.07, 6.45) is -0.635. The number of ether oxygens (including phenoxy) is 1. The smallest absolute Gasteiger partial charge is 0.335 e. The molecule has 0 radical (unpaired) electrons. The summed E-state index contributed by atoms with van der Waals surface area (Å²) in [4.78, 5) is 36.5. The SMILES string of the molecule is CC(O)C(=O)O[C@H]1C[C@@]2(C)[C@@H](C[C@@H](C)[C@@H]2C(=O)O)[C@@H]2C[C@H](F)C3=CC(=O)C=C[C@]3(C)[C@@]12F. The highest BCUT2D eigenvalue weighted by molar-refractivity contribution is 6.01. The van der Waals surface area contributed by atoms with Gasteiger partial charge in [0.15, 0.2) is 11.5 Å². The van der Waals surface area contributed by atoms with Gasteiger partial charge < -0.3 is 14.9 Å². The highest BCUT2D eigenvalue weighted by atomic mass is 19.1. The molecule has 0 aromatic rings. The minimum atomic E-state index is -2.26. The third-order valence-corrected chi connectivity index (χ3v) is 8.81. The van der Waals surface area contributed by atoms with Crippen molar-refractivity contribution in [2.24, 2.45) is 34.5 Å². The highest BCUT2D eigenvalue weighted by Gasteiger charge is 2.74. The Hall–Kier alpha value is -2.09. The number of allylic oxidation sites excluding steroid dienone is 4. The molecule has 4 aliphatic carbocycles. The average Bonchev–Trinajstić information content (AvgIpc) is 2.95. The van der Waals surface area contributed by atoms with E-state index in [2.05, 4.69) is 0 Å². The van der Waals surface area contributed by atoms with E-state index >= 15 is 8.78 Å². The van der Waals surface area contributed by atoms with Gasteiger partial charge in [0.2, 0.25) is 0 Å². The number of esters is 1. The number of halogens is 2. The number of carboxylic acids is 1. The third-order valence-electron chi connectivity index (χ3n) is 8.81. The lowest BCUT2D eigenvalue weighted by Crippen LogP contribution is -2.69. The first-order valence-corrected chi connectivity index (χ1v) is 11.2. The molecular formula is C24H30F2O6. The Balaban J connectivity index is 1.89. The number of hydrogen-bond acceptors (Lipinski definition) is 5. The van der Waals surface area contributed by atoms with Gasteiger partial charge in [0, 0.05) is 11.3 Å². The molecule has 6 nitrogen and oxygen atoms in total. The van der Waals surface area contributed by atoms with Gasteiger partial charge in [-0.2, -0.15) is 0 Å². The molecule has 10 atom stereocenters. The largest absolute Gasteiger partial charge is 0.481 e. The Morgan fingerprint density at radius 1 is 1.25 bits per heavy atom. The Kier molecular flexibility index (Phi) is 5.20. The maximum absolute atomic E-state index is 17.5. The van der Waals surface area contributed by atoms with Crippen LogP contribution in [0.3, 0.4) is 0 Å². The summed E-state index contributed by atoms with van der Waals surface area (Å²) in [5, 5.41) is 19.7. The van der Waals surface area contributed by atoms with Gasteiger partial charge in [0.05, 0.1) is 5.92 Å². The Morgan fingerprint density at radius 2 is 1.91 bits per heavy atom. The summed E-state index contributed by atoms with van der Waals surface area (Å²) in [7, 11) is 0. The number of fused-ring (bicyclic) bond motifs is 5. The molecule has 0 aromatic heterocycles. The van der Waals surface area contributed by atoms with Gasteiger partial charge in [-0.3, -0.25) is 9.59 Å². The van der Waals surface area contributed by atoms with Crippen molar-refractivity contribution >= 4 is 17.7 Å². The van der Waals surface area contributed by atoms with Crippen molar-refractivity contribution in [2.75, 3.05) is 0 Å². The second kappa shape index (κ2) is 7.20. The molecule has 0 aliphatic heterocycles. The normalized spacial score (nSPS) is 48.2. The second-order valence-electron chi connectivity index (χ2n) is 10.6. The van der Waals surface area contributed by atoms with Crippen LogP contribution >= 0.6 is 0 Å². The molecule has 0 bridgehead atoms. The lowest BCUT2D eigenvalue weighted by Gasteiger charge is -2.62. The van der Waals surface area contributed by atoms with Gasteiger partial charge >= 0.3 is 11.9 Å². The highest BCUT2D eigenvalue weighted by Crippen LogP contribution is 2.70. The lowest BCUT2D eigenvalue weighted by molar-refractivity contribution is -0.223. The lowest BCUT2D eigenvalue weighted by atomic mass is 9.45. The van der Waals surface area contributed by atoms with E-state index in [0.29, 0.717) is 6.42 Å². The van der Waals surface area contributed by atoms with E-state index in [-0.39, 0.29) is 24.3 Å². The number of aliphatic carboxylic acids is 1. The Labute approximate surface area is 185 Å². The zero-order valence-corrected chi connectivity index (χ0v) is 18.7. The zero-order valence-electron chi connectivity index (χ0n) is 18.7. The maximum atomic E-state index is 17.5. The third kappa shape index (κ3) is 2.87. The first kappa shape index (κ1) is 23.1. The fourth-order valence-corrected chi connectivity index (χ4v) is 7.43. The summed E-state index contributed by atoms with van der Waals surface area (Å²) in [5.41, 5.74) is -4.70. The van der Waals surface area contributed by atoms with Crippen LogP contribution in [0.4, 0.5) is 8.78 Å². The molecule has 0 amide bonds. The van der Waals surface area contributed by atoms with Crippen LogP contribution in [0.2, 0.25) is 0 Å². The van der Waals surface area contributed by atoms with Gasteiger partial charge in [-0.1, -0.05) is 19.9 Å². The van der Waals surface area contributed by atoms with E-state index in [9.17, 15) is 24.6 Å². The molecule has 0 aromatic carbocycles. The number of ketones is 1. The predicted molar refractivity (Wildman–Crippen MR) is 110 cm³/mol. The van der Waals surface area contributed by atoms with Crippen LogP contribution in [-0.4, -0.2) is 52.0 Å². The van der Waals surface area contributed by atoms with Crippen LogP contribution in [0.15, 0.2) is 23.8 Å². The number of carbonyl (C=O) groups is 3. The number of alkyl halides is 2. The number of aliphatic hydroxyl groups excluding tert-OH is 1. The summed E-state index contributed by atoms with van der Waals surface area (Å²) >= 11 is 0. The van der Waals surface area contributed by atoms with Gasteiger partial charge in [-0.15, -0.1) is 0 Å². The van der Waals surface area contributed by atoms with Crippen molar-refractivity contribution in [3.63, 3.8) is 0 Å². The monoisotopic (exact) mass is 452 g/mol. The van der Waals surface area contributed by atoms with E-state index in [1.54, 1.807) is 13.8 Å². The molecule has 3 saturated carbocycles. The molecule has 176 valence electrons. The van der Waals surface area contributed by atoms with E-state index in [1.165, 1.54) is 26.0 Å². The first-order chi connectivity index (χ1) is 14.8. The summed E-state index contributed by atoms with van der Waals surface area (Å²) in [6.45, 7) is 6.30. The molecule has 2 N–H and O–H groups in total. The zero-order chi connectivity index (χ0) is 23.8. The van der Waals surface area contributed by atoms with Gasteiger partial charge in [-0.05, 0) is 68.1 Å². The van der Waals surface area contributed by atoms with Crippen molar-refractivity contribution in [1.82, 2.24) is 0 Å². The fraction of sp³-hybridized carbons (Fsp3) is 0.708. The molecule has 0 spiro atoms. The van der Waals surface area contributed by atoms with Crippen LogP contribution in [0.25, 0.3) is 0 Å². The van der Waals surface area contributed by atoms with Crippen LogP contribution < -0.4 is 0 Å². The van der Waals surface area contributed by atoms with E-state index in [0.717, 1.165) is 6.08 Å². The molecule has 8 heteroatoms. The van der Waals surface area contributed by atoms with Crippen LogP contribution in [0.5, 0.6) is 0 Å². The maximum Gasteiger partial charge on any atom is 0.335 e. The number of aliphatic hydroxyl groups is 1. The van der Waals surface area contributed by atoms with Gasteiger partial charge in [-0.25, -0.2) is 13.6 Å². The molecule has 4 rings (SSSR count). The summed E-state index contributed by atoms with van der Waals surface area (Å²) < 4.78 is 38.5. The standard InChI is InChI=1S/C24H30F2O6/c1-11-7-14-15-9-17(25)16-8-13(28)5-6-23(16,4)24(15,26)18(32-21(31)12(2)27)10-22(14,3)19(11)20(29)30/h5-6,8,11-12,14-15,17-19,27H,7,9-10H2,1-4H3,(H,29,30)/t11-,12?,14+,15+,17+,18+,19-,22+,23+,24+/m1/s1.